The third-order valence-corrected chi connectivity index (χ3v) is 3.69. The number of anilines is 3. The number of aromatic amines is 1. The molecule has 0 fully saturated rings. The molecule has 2 amide bonds. The van der Waals surface area contributed by atoms with Crippen LogP contribution in [-0.4, -0.2) is 27.8 Å². The zero-order valence-corrected chi connectivity index (χ0v) is 15.4. The highest BCUT2D eigenvalue weighted by Gasteiger charge is 2.27. The second-order valence-corrected chi connectivity index (χ2v) is 7.59. The summed E-state index contributed by atoms with van der Waals surface area (Å²) < 4.78 is 5.90. The Morgan fingerprint density at radius 3 is 2.62 bits per heavy atom. The molecule has 1 aromatic carbocycles. The average Bonchev–Trinajstić information content (AvgIpc) is 2.82. The summed E-state index contributed by atoms with van der Waals surface area (Å²) in [6, 6.07) is 6.84. The number of nitrogens with zero attached hydrogens (tertiary/aromatic N) is 2. The van der Waals surface area contributed by atoms with Gasteiger partial charge in [-0.05, 0) is 51.2 Å². The van der Waals surface area contributed by atoms with Gasteiger partial charge in [-0.3, -0.25) is 9.89 Å². The van der Waals surface area contributed by atoms with Gasteiger partial charge in [0.15, 0.2) is 3.95 Å². The third-order valence-electron chi connectivity index (χ3n) is 2.62. The van der Waals surface area contributed by atoms with Gasteiger partial charge in [-0.25, -0.2) is 9.69 Å². The molecule has 0 radical (unpaired) electrons. The number of carbonyl (C=O) groups is 2. The fraction of sp³-hybridized carbons (Fsp3) is 0.333. The van der Waals surface area contributed by atoms with Crippen LogP contribution in [0.15, 0.2) is 24.3 Å². The highest BCUT2D eigenvalue weighted by atomic mass is 32.1. The number of aromatic nitrogens is 2. The largest absolute Gasteiger partial charge is 0.443 e. The topological polar surface area (TPSA) is 87.3 Å². The summed E-state index contributed by atoms with van der Waals surface area (Å²) in [6.07, 6.45) is -0.583. The number of benzene rings is 1. The number of ether oxygens (including phenoxy) is 1. The van der Waals surface area contributed by atoms with E-state index in [1.165, 1.54) is 11.8 Å². The van der Waals surface area contributed by atoms with Gasteiger partial charge < -0.3 is 10.1 Å². The third kappa shape index (κ3) is 4.87. The fourth-order valence-electron chi connectivity index (χ4n) is 1.85. The molecule has 0 aliphatic heterocycles. The van der Waals surface area contributed by atoms with E-state index in [1.807, 2.05) is 0 Å². The van der Waals surface area contributed by atoms with Gasteiger partial charge in [0.2, 0.25) is 11.0 Å². The minimum absolute atomic E-state index is 0.202. The lowest BCUT2D eigenvalue weighted by Gasteiger charge is -2.25. The molecule has 2 N–H and O–H groups in total. The van der Waals surface area contributed by atoms with Crippen molar-refractivity contribution in [3.8, 4) is 0 Å². The lowest BCUT2D eigenvalue weighted by Crippen LogP contribution is -2.33. The Balaban J connectivity index is 2.44. The Kier molecular flexibility index (Phi) is 5.35. The molecule has 0 aliphatic rings. The maximum Gasteiger partial charge on any atom is 0.421 e. The van der Waals surface area contributed by atoms with E-state index in [-0.39, 0.29) is 5.91 Å². The van der Waals surface area contributed by atoms with Gasteiger partial charge in [-0.2, -0.15) is 0 Å². The molecule has 2 rings (SSSR count). The summed E-state index contributed by atoms with van der Waals surface area (Å²) in [5.74, 6) is -0.202. The number of carbonyl (C=O) groups excluding carboxylic acids is 2. The standard InChI is InChI=1S/C15H18N4O3S2/c1-9(20)16-10-6-5-7-11(8-10)19(12-17-18-13(23)24-12)14(21)22-15(2,3)4/h5-8H,1-4H3,(H,16,20)(H,18,23). The van der Waals surface area contributed by atoms with Crippen LogP contribution in [0.2, 0.25) is 0 Å². The lowest BCUT2D eigenvalue weighted by molar-refractivity contribution is -0.114. The molecule has 0 saturated heterocycles. The van der Waals surface area contributed by atoms with Crippen molar-refractivity contribution in [3.05, 3.63) is 28.2 Å². The van der Waals surface area contributed by atoms with Crippen molar-refractivity contribution in [2.75, 3.05) is 10.2 Å². The van der Waals surface area contributed by atoms with Crippen molar-refractivity contribution >= 4 is 52.1 Å². The highest BCUT2D eigenvalue weighted by molar-refractivity contribution is 7.73. The van der Waals surface area contributed by atoms with E-state index in [0.717, 1.165) is 11.3 Å². The molecule has 2 aromatic rings. The van der Waals surface area contributed by atoms with Gasteiger partial charge in [-0.15, -0.1) is 5.10 Å². The molecule has 24 heavy (non-hydrogen) atoms. The maximum atomic E-state index is 12.6. The van der Waals surface area contributed by atoms with Crippen LogP contribution in [-0.2, 0) is 9.53 Å². The van der Waals surface area contributed by atoms with Crippen molar-refractivity contribution < 1.29 is 14.3 Å². The number of hydrogen-bond donors (Lipinski definition) is 2. The molecule has 0 atom stereocenters. The summed E-state index contributed by atoms with van der Waals surface area (Å²) in [5, 5.41) is 9.75. The van der Waals surface area contributed by atoms with E-state index in [0.29, 0.717) is 20.5 Å². The predicted molar refractivity (Wildman–Crippen MR) is 96.4 cm³/mol. The molecular weight excluding hydrogens is 348 g/mol. The smallest absolute Gasteiger partial charge is 0.421 e. The lowest BCUT2D eigenvalue weighted by atomic mass is 10.2. The van der Waals surface area contributed by atoms with E-state index < -0.39 is 11.7 Å². The van der Waals surface area contributed by atoms with Crippen LogP contribution in [0.4, 0.5) is 21.3 Å². The summed E-state index contributed by atoms with van der Waals surface area (Å²) in [5.41, 5.74) is 0.406. The number of hydrogen-bond acceptors (Lipinski definition) is 6. The normalized spacial score (nSPS) is 11.0. The summed E-state index contributed by atoms with van der Waals surface area (Å²) in [6.45, 7) is 6.76. The van der Waals surface area contributed by atoms with Crippen LogP contribution < -0.4 is 10.2 Å². The van der Waals surface area contributed by atoms with E-state index in [9.17, 15) is 9.59 Å². The molecule has 0 bridgehead atoms. The first-order chi connectivity index (χ1) is 11.2. The monoisotopic (exact) mass is 366 g/mol. The number of amides is 2. The van der Waals surface area contributed by atoms with Gasteiger partial charge >= 0.3 is 6.09 Å². The Bertz CT molecular complexity index is 807. The first-order valence-electron chi connectivity index (χ1n) is 7.12. The van der Waals surface area contributed by atoms with Crippen molar-refractivity contribution in [2.45, 2.75) is 33.3 Å². The summed E-state index contributed by atoms with van der Waals surface area (Å²) in [7, 11) is 0. The Hall–Kier alpha value is -2.26. The van der Waals surface area contributed by atoms with Crippen LogP contribution in [0, 0.1) is 3.95 Å². The average molecular weight is 366 g/mol. The Morgan fingerprint density at radius 1 is 1.38 bits per heavy atom. The second-order valence-electron chi connectivity index (χ2n) is 5.94. The second kappa shape index (κ2) is 7.10. The van der Waals surface area contributed by atoms with Crippen LogP contribution in [0.25, 0.3) is 0 Å². The number of rotatable bonds is 3. The van der Waals surface area contributed by atoms with Crippen molar-refractivity contribution in [2.24, 2.45) is 0 Å². The van der Waals surface area contributed by atoms with Gasteiger partial charge in [0.05, 0.1) is 5.69 Å². The number of nitrogens with one attached hydrogen (secondary N) is 2. The molecular formula is C15H18N4O3S2. The fourth-order valence-corrected chi connectivity index (χ4v) is 2.73. The van der Waals surface area contributed by atoms with Gasteiger partial charge in [0.1, 0.15) is 5.60 Å². The van der Waals surface area contributed by atoms with Crippen molar-refractivity contribution in [1.29, 1.82) is 0 Å². The molecule has 0 spiro atoms. The van der Waals surface area contributed by atoms with Crippen LogP contribution in [0.5, 0.6) is 0 Å². The first-order valence-corrected chi connectivity index (χ1v) is 8.34. The van der Waals surface area contributed by atoms with Gasteiger partial charge in [0, 0.05) is 12.6 Å². The van der Waals surface area contributed by atoms with Crippen LogP contribution in [0.1, 0.15) is 27.7 Å². The highest BCUT2D eigenvalue weighted by Crippen LogP contribution is 2.31. The first kappa shape index (κ1) is 18.1. The predicted octanol–water partition coefficient (Wildman–Crippen LogP) is 4.23. The van der Waals surface area contributed by atoms with E-state index in [2.05, 4.69) is 15.5 Å². The molecule has 0 unspecified atom stereocenters. The molecule has 9 heteroatoms. The quantitative estimate of drug-likeness (QED) is 0.794. The summed E-state index contributed by atoms with van der Waals surface area (Å²) in [4.78, 5) is 25.2. The number of H-pyrrole nitrogens is 1. The van der Waals surface area contributed by atoms with Crippen molar-refractivity contribution in [3.63, 3.8) is 0 Å². The SMILES string of the molecule is CC(=O)Nc1cccc(N(C(=O)OC(C)(C)C)c2n[nH]c(=S)s2)c1. The molecule has 128 valence electrons. The van der Waals surface area contributed by atoms with Gasteiger partial charge in [0.25, 0.3) is 0 Å². The zero-order chi connectivity index (χ0) is 17.9. The van der Waals surface area contributed by atoms with Crippen LogP contribution >= 0.6 is 23.6 Å². The van der Waals surface area contributed by atoms with Gasteiger partial charge in [-0.1, -0.05) is 17.4 Å². The minimum atomic E-state index is -0.664. The molecule has 0 saturated carbocycles. The van der Waals surface area contributed by atoms with Crippen LogP contribution in [0.3, 0.4) is 0 Å². The van der Waals surface area contributed by atoms with E-state index in [4.69, 9.17) is 17.0 Å². The Morgan fingerprint density at radius 2 is 2.08 bits per heavy atom. The molecule has 1 heterocycles. The zero-order valence-electron chi connectivity index (χ0n) is 13.7. The molecule has 7 nitrogen and oxygen atoms in total. The maximum absolute atomic E-state index is 12.6. The van der Waals surface area contributed by atoms with E-state index >= 15 is 0 Å². The Labute approximate surface area is 148 Å². The molecule has 0 aliphatic carbocycles. The molecule has 1 aromatic heterocycles. The van der Waals surface area contributed by atoms with Crippen molar-refractivity contribution in [1.82, 2.24) is 10.2 Å². The summed E-state index contributed by atoms with van der Waals surface area (Å²) >= 11 is 6.20. The minimum Gasteiger partial charge on any atom is -0.443 e. The van der Waals surface area contributed by atoms with E-state index in [1.54, 1.807) is 45.0 Å².